The second-order valence-electron chi connectivity index (χ2n) is 8.08. The Morgan fingerprint density at radius 1 is 1.13 bits per heavy atom. The number of fused-ring (bicyclic) bond motifs is 1. The van der Waals surface area contributed by atoms with Crippen LogP contribution in [0.5, 0.6) is 0 Å². The Morgan fingerprint density at radius 3 is 2.57 bits per heavy atom. The van der Waals surface area contributed by atoms with Crippen molar-refractivity contribution in [1.82, 2.24) is 4.98 Å². The number of hydrogen-bond acceptors (Lipinski definition) is 3. The fourth-order valence-corrected chi connectivity index (χ4v) is 4.69. The summed E-state index contributed by atoms with van der Waals surface area (Å²) in [4.78, 5) is 4.37. The molecule has 1 atom stereocenters. The van der Waals surface area contributed by atoms with E-state index in [1.165, 1.54) is 11.6 Å². The summed E-state index contributed by atoms with van der Waals surface area (Å²) in [6, 6.07) is 14.2. The first kappa shape index (κ1) is 20.6. The molecule has 1 fully saturated rings. The van der Waals surface area contributed by atoms with Crippen molar-refractivity contribution < 1.29 is 9.60 Å². The maximum Gasteiger partial charge on any atom is 0.149 e. The summed E-state index contributed by atoms with van der Waals surface area (Å²) in [7, 11) is 0. The van der Waals surface area contributed by atoms with Crippen LogP contribution in [-0.4, -0.2) is 16.0 Å². The molecule has 0 spiro atoms. The minimum absolute atomic E-state index is 0.0956. The van der Waals surface area contributed by atoms with Crippen LogP contribution < -0.4 is 5.32 Å². The van der Waals surface area contributed by atoms with Gasteiger partial charge in [-0.1, -0.05) is 23.7 Å². The van der Waals surface area contributed by atoms with Crippen LogP contribution in [0.1, 0.15) is 44.1 Å². The molecule has 1 aromatic heterocycles. The van der Waals surface area contributed by atoms with E-state index in [2.05, 4.69) is 22.4 Å². The van der Waals surface area contributed by atoms with Gasteiger partial charge >= 0.3 is 0 Å². The van der Waals surface area contributed by atoms with Crippen molar-refractivity contribution in [3.8, 4) is 0 Å². The van der Waals surface area contributed by atoms with E-state index in [-0.39, 0.29) is 11.7 Å². The first-order valence-corrected chi connectivity index (χ1v) is 10.7. The molecule has 1 saturated carbocycles. The molecule has 1 heterocycles. The lowest BCUT2D eigenvalue weighted by molar-refractivity contribution is 0.273. The molecule has 4 nitrogen and oxygen atoms in total. The second-order valence-corrected chi connectivity index (χ2v) is 8.52. The molecule has 1 aliphatic carbocycles. The van der Waals surface area contributed by atoms with Crippen molar-refractivity contribution in [2.45, 2.75) is 38.5 Å². The van der Waals surface area contributed by atoms with Gasteiger partial charge in [0.1, 0.15) is 11.7 Å². The second kappa shape index (κ2) is 9.00. The van der Waals surface area contributed by atoms with Crippen LogP contribution in [0, 0.1) is 17.7 Å². The van der Waals surface area contributed by atoms with Gasteiger partial charge in [0.15, 0.2) is 0 Å². The van der Waals surface area contributed by atoms with Crippen LogP contribution in [0.15, 0.2) is 59.9 Å². The quantitative estimate of drug-likeness (QED) is 0.208. The lowest BCUT2D eigenvalue weighted by atomic mass is 9.73. The van der Waals surface area contributed by atoms with Crippen molar-refractivity contribution in [3.05, 3.63) is 71.1 Å². The number of amidine groups is 1. The summed E-state index contributed by atoms with van der Waals surface area (Å²) < 4.78 is 13.8. The van der Waals surface area contributed by atoms with Gasteiger partial charge in [-0.05, 0) is 91.6 Å². The zero-order chi connectivity index (χ0) is 21.1. The highest BCUT2D eigenvalue weighted by atomic mass is 35.5. The number of oxime groups is 1. The first-order valence-electron chi connectivity index (χ1n) is 10.3. The van der Waals surface area contributed by atoms with E-state index in [0.29, 0.717) is 22.7 Å². The molecule has 2 N–H and O–H groups in total. The molecule has 0 saturated heterocycles. The lowest BCUT2D eigenvalue weighted by Crippen LogP contribution is -2.30. The van der Waals surface area contributed by atoms with Gasteiger partial charge in [0, 0.05) is 28.2 Å². The largest absolute Gasteiger partial charge is 0.409 e. The summed E-state index contributed by atoms with van der Waals surface area (Å²) in [5.41, 5.74) is 2.87. The fraction of sp³-hybridized carbons (Fsp3) is 0.333. The number of nitrogens with zero attached hydrogens (tertiary/aromatic N) is 2. The Balaban J connectivity index is 1.44. The minimum Gasteiger partial charge on any atom is -0.409 e. The monoisotopic (exact) mass is 425 g/mol. The van der Waals surface area contributed by atoms with Gasteiger partial charge < -0.3 is 10.5 Å². The van der Waals surface area contributed by atoms with E-state index in [0.717, 1.165) is 42.3 Å². The average Bonchev–Trinajstić information content (AvgIpc) is 2.78. The smallest absolute Gasteiger partial charge is 0.149 e. The number of hydrogen-bond donors (Lipinski definition) is 2. The number of pyridine rings is 1. The van der Waals surface area contributed by atoms with Crippen molar-refractivity contribution in [3.63, 3.8) is 0 Å². The predicted octanol–water partition coefficient (Wildman–Crippen LogP) is 6.84. The summed E-state index contributed by atoms with van der Waals surface area (Å²) in [5.74, 6) is 1.24. The Bertz CT molecular complexity index is 1050. The zero-order valence-electron chi connectivity index (χ0n) is 16.9. The van der Waals surface area contributed by atoms with Gasteiger partial charge in [-0.3, -0.25) is 4.98 Å². The van der Waals surface area contributed by atoms with Gasteiger partial charge in [0.05, 0.1) is 5.52 Å². The van der Waals surface area contributed by atoms with Gasteiger partial charge in [-0.25, -0.2) is 4.39 Å². The number of benzene rings is 2. The van der Waals surface area contributed by atoms with Gasteiger partial charge in [0.25, 0.3) is 0 Å². The van der Waals surface area contributed by atoms with Crippen molar-refractivity contribution >= 4 is 34.0 Å². The molecule has 2 aromatic carbocycles. The van der Waals surface area contributed by atoms with Crippen LogP contribution in [0.2, 0.25) is 5.02 Å². The van der Waals surface area contributed by atoms with Crippen molar-refractivity contribution in [2.24, 2.45) is 17.0 Å². The van der Waals surface area contributed by atoms with E-state index in [1.807, 2.05) is 24.4 Å². The van der Waals surface area contributed by atoms with Crippen LogP contribution in [0.4, 0.5) is 10.1 Å². The highest BCUT2D eigenvalue weighted by Gasteiger charge is 2.29. The van der Waals surface area contributed by atoms with E-state index in [9.17, 15) is 9.60 Å². The summed E-state index contributed by atoms with van der Waals surface area (Å²) in [6.07, 6.45) is 5.89. The zero-order valence-corrected chi connectivity index (χ0v) is 17.6. The number of halogens is 2. The third kappa shape index (κ3) is 4.41. The maximum absolute atomic E-state index is 13.8. The van der Waals surface area contributed by atoms with Crippen LogP contribution in [0.3, 0.4) is 0 Å². The molecule has 0 bridgehead atoms. The molecule has 0 radical (unpaired) electrons. The van der Waals surface area contributed by atoms with Gasteiger partial charge in [0.2, 0.25) is 0 Å². The van der Waals surface area contributed by atoms with E-state index in [1.54, 1.807) is 24.3 Å². The lowest BCUT2D eigenvalue weighted by Gasteiger charge is -2.33. The molecule has 3 aromatic rings. The molecular weight excluding hydrogens is 401 g/mol. The van der Waals surface area contributed by atoms with Gasteiger partial charge in [-0.15, -0.1) is 0 Å². The molecule has 0 aliphatic heterocycles. The summed E-state index contributed by atoms with van der Waals surface area (Å²) in [5, 5.41) is 17.9. The number of aromatic nitrogens is 1. The molecule has 156 valence electrons. The van der Waals surface area contributed by atoms with Crippen molar-refractivity contribution in [1.29, 1.82) is 0 Å². The molecular formula is C24H25ClFN3O. The number of rotatable bonds is 4. The third-order valence-electron chi connectivity index (χ3n) is 6.31. The van der Waals surface area contributed by atoms with E-state index in [4.69, 9.17) is 11.6 Å². The van der Waals surface area contributed by atoms with Crippen LogP contribution >= 0.6 is 11.6 Å². The molecule has 30 heavy (non-hydrogen) atoms. The number of nitrogens with one attached hydrogen (secondary N) is 1. The SMILES string of the molecule is C[C@@H](/C(=N/O)Nc1ccc(Cl)cc1)[C@H]1CC[C@@H](c2ccnc3ccc(F)cc32)CC1. The third-order valence-corrected chi connectivity index (χ3v) is 6.56. The van der Waals surface area contributed by atoms with E-state index < -0.39 is 0 Å². The summed E-state index contributed by atoms with van der Waals surface area (Å²) >= 11 is 5.94. The van der Waals surface area contributed by atoms with Crippen LogP contribution in [-0.2, 0) is 0 Å². The number of anilines is 1. The Kier molecular flexibility index (Phi) is 6.18. The molecule has 0 amide bonds. The Hall–Kier alpha value is -2.66. The maximum atomic E-state index is 13.8. The minimum atomic E-state index is -0.226. The van der Waals surface area contributed by atoms with E-state index >= 15 is 0 Å². The molecule has 6 heteroatoms. The van der Waals surface area contributed by atoms with Crippen molar-refractivity contribution in [2.75, 3.05) is 5.32 Å². The highest BCUT2D eigenvalue weighted by molar-refractivity contribution is 6.30. The van der Waals surface area contributed by atoms with Crippen LogP contribution in [0.25, 0.3) is 10.9 Å². The fourth-order valence-electron chi connectivity index (χ4n) is 4.56. The topological polar surface area (TPSA) is 57.5 Å². The normalized spacial score (nSPS) is 20.8. The first-order chi connectivity index (χ1) is 14.5. The summed E-state index contributed by atoms with van der Waals surface area (Å²) in [6.45, 7) is 2.10. The predicted molar refractivity (Wildman–Crippen MR) is 120 cm³/mol. The Morgan fingerprint density at radius 2 is 1.87 bits per heavy atom. The molecule has 1 aliphatic rings. The highest BCUT2D eigenvalue weighted by Crippen LogP contribution is 2.41. The van der Waals surface area contributed by atoms with Gasteiger partial charge in [-0.2, -0.15) is 0 Å². The Labute approximate surface area is 180 Å². The standard InChI is InChI=1S/C24H25ClFN3O/c1-15(24(29-30)28-20-9-6-18(25)7-10-20)16-2-4-17(5-3-16)21-12-13-27-23-11-8-19(26)14-22(21)23/h6-17,30H,2-5H2,1H3,(H,28,29)/t15-,16-,17+/m1/s1. The molecule has 4 rings (SSSR count). The molecule has 0 unspecified atom stereocenters. The average molecular weight is 426 g/mol.